The number of hydrogen-bond donors (Lipinski definition) is 1. The zero-order chi connectivity index (χ0) is 13.9. The second kappa shape index (κ2) is 5.69. The van der Waals surface area contributed by atoms with Gasteiger partial charge in [-0.1, -0.05) is 6.92 Å². The van der Waals surface area contributed by atoms with E-state index in [-0.39, 0.29) is 24.4 Å². The number of nitrogens with zero attached hydrogens (tertiary/aromatic N) is 2. The fourth-order valence-electron chi connectivity index (χ4n) is 2.14. The predicted octanol–water partition coefficient (Wildman–Crippen LogP) is 0.454. The second-order valence-corrected chi connectivity index (χ2v) is 5.61. The molecule has 1 rings (SSSR count). The van der Waals surface area contributed by atoms with Crippen molar-refractivity contribution in [3.05, 3.63) is 0 Å². The van der Waals surface area contributed by atoms with Gasteiger partial charge in [-0.15, -0.1) is 0 Å². The summed E-state index contributed by atoms with van der Waals surface area (Å²) in [4.78, 5) is 27.9. The van der Waals surface area contributed by atoms with Gasteiger partial charge in [0.1, 0.15) is 5.54 Å². The Morgan fingerprint density at radius 3 is 2.56 bits per heavy atom. The van der Waals surface area contributed by atoms with E-state index in [1.54, 1.807) is 11.8 Å². The van der Waals surface area contributed by atoms with E-state index in [0.29, 0.717) is 6.42 Å². The van der Waals surface area contributed by atoms with Crippen LogP contribution >= 0.6 is 0 Å². The van der Waals surface area contributed by atoms with Crippen molar-refractivity contribution in [1.82, 2.24) is 15.1 Å². The van der Waals surface area contributed by atoms with Crippen molar-refractivity contribution in [2.24, 2.45) is 0 Å². The van der Waals surface area contributed by atoms with Crippen LogP contribution in [0.1, 0.15) is 33.6 Å². The first-order chi connectivity index (χ1) is 8.30. The van der Waals surface area contributed by atoms with Crippen molar-refractivity contribution in [2.75, 3.05) is 27.2 Å². The Hall–Kier alpha value is -1.10. The molecule has 5 heteroatoms. The topological polar surface area (TPSA) is 52.7 Å². The van der Waals surface area contributed by atoms with Gasteiger partial charge in [0.25, 0.3) is 0 Å². The SMILES string of the molecule is CCC1(C)NC(=O)CN(C(C)CCN(C)C)C1=O. The molecule has 0 radical (unpaired) electrons. The lowest BCUT2D eigenvalue weighted by molar-refractivity contribution is -0.151. The number of carbonyl (C=O) groups excluding carboxylic acids is 2. The number of nitrogens with one attached hydrogen (secondary N) is 1. The van der Waals surface area contributed by atoms with Crippen molar-refractivity contribution in [2.45, 2.75) is 45.2 Å². The molecule has 0 aliphatic carbocycles. The number of rotatable bonds is 5. The van der Waals surface area contributed by atoms with Crippen LogP contribution < -0.4 is 5.32 Å². The van der Waals surface area contributed by atoms with Crippen LogP contribution in [0.2, 0.25) is 0 Å². The number of amides is 2. The molecule has 0 aromatic rings. The summed E-state index contributed by atoms with van der Waals surface area (Å²) in [6.07, 6.45) is 1.50. The van der Waals surface area contributed by atoms with Crippen molar-refractivity contribution in [3.8, 4) is 0 Å². The molecule has 1 aliphatic heterocycles. The molecular formula is C13H25N3O2. The first-order valence-electron chi connectivity index (χ1n) is 6.57. The Bertz CT molecular complexity index is 330. The second-order valence-electron chi connectivity index (χ2n) is 5.61. The average molecular weight is 255 g/mol. The zero-order valence-electron chi connectivity index (χ0n) is 12.1. The van der Waals surface area contributed by atoms with Crippen LogP contribution in [-0.2, 0) is 9.59 Å². The predicted molar refractivity (Wildman–Crippen MR) is 71.2 cm³/mol. The largest absolute Gasteiger partial charge is 0.340 e. The van der Waals surface area contributed by atoms with Gasteiger partial charge in [-0.3, -0.25) is 9.59 Å². The summed E-state index contributed by atoms with van der Waals surface area (Å²) in [5.41, 5.74) is -0.734. The van der Waals surface area contributed by atoms with E-state index in [2.05, 4.69) is 10.2 Å². The van der Waals surface area contributed by atoms with Gasteiger partial charge in [0, 0.05) is 6.04 Å². The lowest BCUT2D eigenvalue weighted by atomic mass is 9.93. The Morgan fingerprint density at radius 2 is 2.06 bits per heavy atom. The van der Waals surface area contributed by atoms with Crippen LogP contribution in [0.4, 0.5) is 0 Å². The van der Waals surface area contributed by atoms with Crippen LogP contribution in [-0.4, -0.2) is 60.4 Å². The highest BCUT2D eigenvalue weighted by atomic mass is 16.2. The van der Waals surface area contributed by atoms with Gasteiger partial charge in [0.05, 0.1) is 6.54 Å². The Balaban J connectivity index is 2.74. The monoisotopic (exact) mass is 255 g/mol. The third-order valence-corrected chi connectivity index (χ3v) is 3.70. The molecule has 104 valence electrons. The summed E-state index contributed by atoms with van der Waals surface area (Å²) in [6, 6.07) is 0.0943. The molecule has 2 unspecified atom stereocenters. The summed E-state index contributed by atoms with van der Waals surface area (Å²) >= 11 is 0. The quantitative estimate of drug-likeness (QED) is 0.776. The molecule has 5 nitrogen and oxygen atoms in total. The summed E-state index contributed by atoms with van der Waals surface area (Å²) in [5, 5.41) is 2.80. The van der Waals surface area contributed by atoms with Crippen LogP contribution in [0.25, 0.3) is 0 Å². The summed E-state index contributed by atoms with van der Waals surface area (Å²) in [7, 11) is 4.02. The van der Waals surface area contributed by atoms with Gasteiger partial charge >= 0.3 is 0 Å². The van der Waals surface area contributed by atoms with Gasteiger partial charge in [0.2, 0.25) is 11.8 Å². The maximum absolute atomic E-state index is 12.4. The van der Waals surface area contributed by atoms with E-state index in [0.717, 1.165) is 13.0 Å². The van der Waals surface area contributed by atoms with Gasteiger partial charge in [-0.2, -0.15) is 0 Å². The molecule has 1 fully saturated rings. The highest BCUT2D eigenvalue weighted by molar-refractivity contribution is 5.97. The molecule has 0 saturated carbocycles. The van der Waals surface area contributed by atoms with E-state index < -0.39 is 5.54 Å². The van der Waals surface area contributed by atoms with Gasteiger partial charge in [-0.25, -0.2) is 0 Å². The van der Waals surface area contributed by atoms with Crippen LogP contribution in [0.5, 0.6) is 0 Å². The third kappa shape index (κ3) is 3.22. The first kappa shape index (κ1) is 15.0. The highest BCUT2D eigenvalue weighted by Gasteiger charge is 2.42. The van der Waals surface area contributed by atoms with Crippen molar-refractivity contribution < 1.29 is 9.59 Å². The Kier molecular flexibility index (Phi) is 4.73. The molecule has 1 aliphatic rings. The van der Waals surface area contributed by atoms with E-state index in [1.807, 2.05) is 27.9 Å². The molecule has 2 amide bonds. The highest BCUT2D eigenvalue weighted by Crippen LogP contribution is 2.20. The van der Waals surface area contributed by atoms with Gasteiger partial charge < -0.3 is 15.1 Å². The van der Waals surface area contributed by atoms with E-state index >= 15 is 0 Å². The van der Waals surface area contributed by atoms with E-state index in [1.165, 1.54) is 0 Å². The summed E-state index contributed by atoms with van der Waals surface area (Å²) < 4.78 is 0. The van der Waals surface area contributed by atoms with Crippen molar-refractivity contribution >= 4 is 11.8 Å². The smallest absolute Gasteiger partial charge is 0.248 e. The van der Waals surface area contributed by atoms with Crippen molar-refractivity contribution in [3.63, 3.8) is 0 Å². The molecule has 0 aromatic carbocycles. The molecule has 1 saturated heterocycles. The minimum Gasteiger partial charge on any atom is -0.340 e. The van der Waals surface area contributed by atoms with E-state index in [4.69, 9.17) is 0 Å². The minimum atomic E-state index is -0.734. The molecule has 18 heavy (non-hydrogen) atoms. The Labute approximate surface area is 110 Å². The maximum atomic E-state index is 12.4. The molecule has 2 atom stereocenters. The lowest BCUT2D eigenvalue weighted by Crippen LogP contribution is -2.66. The lowest BCUT2D eigenvalue weighted by Gasteiger charge is -2.42. The Morgan fingerprint density at radius 1 is 1.44 bits per heavy atom. The third-order valence-electron chi connectivity index (χ3n) is 3.70. The fourth-order valence-corrected chi connectivity index (χ4v) is 2.14. The molecule has 0 spiro atoms. The minimum absolute atomic E-state index is 0.0378. The fraction of sp³-hybridized carbons (Fsp3) is 0.846. The molecule has 1 heterocycles. The zero-order valence-corrected chi connectivity index (χ0v) is 12.1. The van der Waals surface area contributed by atoms with Crippen LogP contribution in [0.3, 0.4) is 0 Å². The summed E-state index contributed by atoms with van der Waals surface area (Å²) in [6.45, 7) is 6.83. The molecular weight excluding hydrogens is 230 g/mol. The van der Waals surface area contributed by atoms with Gasteiger partial charge in [0.15, 0.2) is 0 Å². The van der Waals surface area contributed by atoms with Crippen molar-refractivity contribution in [1.29, 1.82) is 0 Å². The average Bonchev–Trinajstić information content (AvgIpc) is 2.30. The van der Waals surface area contributed by atoms with Crippen LogP contribution in [0.15, 0.2) is 0 Å². The maximum Gasteiger partial charge on any atom is 0.248 e. The van der Waals surface area contributed by atoms with Crippen LogP contribution in [0, 0.1) is 0 Å². The van der Waals surface area contributed by atoms with E-state index in [9.17, 15) is 9.59 Å². The normalized spacial score (nSPS) is 26.4. The number of hydrogen-bond acceptors (Lipinski definition) is 3. The number of piperazine rings is 1. The summed E-state index contributed by atoms with van der Waals surface area (Å²) in [5.74, 6) is -0.0218. The van der Waals surface area contributed by atoms with Gasteiger partial charge in [-0.05, 0) is 47.3 Å². The molecule has 1 N–H and O–H groups in total. The molecule has 0 aromatic heterocycles. The standard InChI is InChI=1S/C13H25N3O2/c1-6-13(3)12(18)16(9-11(17)14-13)10(2)7-8-15(4)5/h10H,6-9H2,1-5H3,(H,14,17). The molecule has 0 bridgehead atoms. The number of carbonyl (C=O) groups is 2. The first-order valence-corrected chi connectivity index (χ1v) is 6.57.